The van der Waals surface area contributed by atoms with E-state index >= 15 is 0 Å². The Balaban J connectivity index is 1.62. The highest BCUT2D eigenvalue weighted by Crippen LogP contribution is 2.41. The number of hydrogen-bond acceptors (Lipinski definition) is 2. The van der Waals surface area contributed by atoms with Crippen LogP contribution in [0.25, 0.3) is 0 Å². The summed E-state index contributed by atoms with van der Waals surface area (Å²) >= 11 is 0. The number of nitrogens with two attached hydrogens (primary N) is 1. The van der Waals surface area contributed by atoms with Crippen molar-refractivity contribution in [3.8, 4) is 0 Å². The van der Waals surface area contributed by atoms with Gasteiger partial charge in [-0.1, -0.05) is 56.3 Å². The summed E-state index contributed by atoms with van der Waals surface area (Å²) < 4.78 is 6.11. The van der Waals surface area contributed by atoms with Gasteiger partial charge in [-0.2, -0.15) is 0 Å². The molecule has 0 aliphatic carbocycles. The Morgan fingerprint density at radius 2 is 1.79 bits per heavy atom. The molecule has 0 spiro atoms. The fourth-order valence-electron chi connectivity index (χ4n) is 4.38. The van der Waals surface area contributed by atoms with Crippen LogP contribution in [0.4, 0.5) is 5.69 Å². The molecule has 2 N–H and O–H groups in total. The predicted octanol–water partition coefficient (Wildman–Crippen LogP) is 3.98. The normalized spacial score (nSPS) is 22.4. The van der Waals surface area contributed by atoms with Crippen molar-refractivity contribution >= 4 is 5.69 Å². The highest BCUT2D eigenvalue weighted by Gasteiger charge is 2.39. The van der Waals surface area contributed by atoms with Crippen molar-refractivity contribution in [3.63, 3.8) is 0 Å². The molecule has 3 heteroatoms. The Bertz CT molecular complexity index is 711. The number of anilines is 1. The van der Waals surface area contributed by atoms with E-state index in [-0.39, 0.29) is 5.41 Å². The Morgan fingerprint density at radius 3 is 2.43 bits per heavy atom. The van der Waals surface area contributed by atoms with Crippen LogP contribution >= 0.6 is 0 Å². The number of rotatable bonds is 8. The third-order valence-electron chi connectivity index (χ3n) is 6.29. The lowest BCUT2D eigenvalue weighted by atomic mass is 9.68. The molecule has 1 aliphatic rings. The van der Waals surface area contributed by atoms with Gasteiger partial charge in [0.05, 0.1) is 12.6 Å². The topological polar surface area (TPSA) is 29.1 Å². The molecule has 2 atom stereocenters. The van der Waals surface area contributed by atoms with Gasteiger partial charge in [-0.25, -0.2) is 0 Å². The second-order valence-electron chi connectivity index (χ2n) is 8.85. The van der Waals surface area contributed by atoms with Crippen molar-refractivity contribution in [1.29, 1.82) is 0 Å². The van der Waals surface area contributed by atoms with Crippen molar-refractivity contribution in [2.75, 3.05) is 32.1 Å². The Kier molecular flexibility index (Phi) is 7.14. The first-order valence-corrected chi connectivity index (χ1v) is 10.8. The van der Waals surface area contributed by atoms with Gasteiger partial charge in [0.2, 0.25) is 0 Å². The maximum atomic E-state index is 6.11. The van der Waals surface area contributed by atoms with E-state index in [1.54, 1.807) is 0 Å². The number of benzene rings is 2. The van der Waals surface area contributed by atoms with E-state index < -0.39 is 0 Å². The molecule has 152 valence electrons. The van der Waals surface area contributed by atoms with Crippen LogP contribution in [0.3, 0.4) is 0 Å². The lowest BCUT2D eigenvalue weighted by molar-refractivity contribution is -0.671. The third-order valence-corrected chi connectivity index (χ3v) is 6.29. The summed E-state index contributed by atoms with van der Waals surface area (Å²) in [4.78, 5) is 2.15. The number of hydrogen-bond donors (Lipinski definition) is 1. The highest BCUT2D eigenvalue weighted by atomic mass is 16.5. The van der Waals surface area contributed by atoms with Crippen LogP contribution < -0.4 is 10.2 Å². The summed E-state index contributed by atoms with van der Waals surface area (Å²) in [5.41, 5.74) is 4.40. The van der Waals surface area contributed by atoms with Crippen LogP contribution in [-0.4, -0.2) is 33.4 Å². The summed E-state index contributed by atoms with van der Waals surface area (Å²) in [7, 11) is 4.17. The maximum Gasteiger partial charge on any atom is 0.101 e. The first-order chi connectivity index (χ1) is 13.5. The van der Waals surface area contributed by atoms with Gasteiger partial charge in [-0.05, 0) is 36.5 Å². The van der Waals surface area contributed by atoms with Crippen LogP contribution in [0, 0.1) is 5.92 Å². The van der Waals surface area contributed by atoms with Crippen LogP contribution in [0.15, 0.2) is 54.6 Å². The van der Waals surface area contributed by atoms with Gasteiger partial charge in [-0.3, -0.25) is 0 Å². The maximum absolute atomic E-state index is 6.11. The van der Waals surface area contributed by atoms with E-state index in [1.165, 1.54) is 23.2 Å². The zero-order valence-electron chi connectivity index (χ0n) is 18.0. The molecule has 3 rings (SSSR count). The smallest absolute Gasteiger partial charge is 0.101 e. The second-order valence-corrected chi connectivity index (χ2v) is 8.85. The number of quaternary nitrogens is 1. The average molecular weight is 382 g/mol. The molecule has 1 fully saturated rings. The number of nitrogens with zero attached hydrogens (tertiary/aromatic N) is 1. The van der Waals surface area contributed by atoms with Crippen LogP contribution in [0.1, 0.15) is 44.2 Å². The number of ether oxygens (including phenoxy) is 1. The van der Waals surface area contributed by atoms with E-state index in [2.05, 4.69) is 92.8 Å². The standard InChI is InChI=1S/C25H36N2O/c1-20(2)24-18-25(15-17-28-24,22-8-6-5-7-9-22)14-16-26-19-21-10-12-23(13-11-21)27(3)4/h5-13,20,24,26H,14-19H2,1-4H3/p+1/t24-,25-/m0/s1. The van der Waals surface area contributed by atoms with Crippen LogP contribution in [0.2, 0.25) is 0 Å². The van der Waals surface area contributed by atoms with Gasteiger partial charge in [0.15, 0.2) is 0 Å². The Morgan fingerprint density at radius 1 is 1.07 bits per heavy atom. The molecule has 0 saturated carbocycles. The molecule has 28 heavy (non-hydrogen) atoms. The van der Waals surface area contributed by atoms with Crippen molar-refractivity contribution in [1.82, 2.24) is 0 Å². The molecule has 1 aliphatic heterocycles. The zero-order valence-corrected chi connectivity index (χ0v) is 18.0. The highest BCUT2D eigenvalue weighted by molar-refractivity contribution is 5.45. The molecule has 1 saturated heterocycles. The lowest BCUT2D eigenvalue weighted by Gasteiger charge is -2.42. The van der Waals surface area contributed by atoms with Gasteiger partial charge < -0.3 is 15.0 Å². The summed E-state index contributed by atoms with van der Waals surface area (Å²) in [5, 5.41) is 2.47. The quantitative estimate of drug-likeness (QED) is 0.701. The van der Waals surface area contributed by atoms with Crippen molar-refractivity contribution in [2.24, 2.45) is 5.92 Å². The van der Waals surface area contributed by atoms with E-state index in [9.17, 15) is 0 Å². The molecular weight excluding hydrogens is 344 g/mol. The van der Waals surface area contributed by atoms with Crippen LogP contribution in [0.5, 0.6) is 0 Å². The predicted molar refractivity (Wildman–Crippen MR) is 118 cm³/mol. The van der Waals surface area contributed by atoms with Gasteiger partial charge in [0.1, 0.15) is 6.54 Å². The minimum Gasteiger partial charge on any atom is -0.378 e. The van der Waals surface area contributed by atoms with Gasteiger partial charge in [-0.15, -0.1) is 0 Å². The van der Waals surface area contributed by atoms with E-state index in [0.29, 0.717) is 12.0 Å². The fraction of sp³-hybridized carbons (Fsp3) is 0.520. The summed E-state index contributed by atoms with van der Waals surface area (Å²) in [6, 6.07) is 20.1. The van der Waals surface area contributed by atoms with E-state index in [1.807, 2.05) is 0 Å². The molecule has 3 nitrogen and oxygen atoms in total. The lowest BCUT2D eigenvalue weighted by Crippen LogP contribution is -2.83. The monoisotopic (exact) mass is 381 g/mol. The van der Waals surface area contributed by atoms with Gasteiger partial charge in [0, 0.05) is 43.8 Å². The van der Waals surface area contributed by atoms with Crippen molar-refractivity contribution in [3.05, 3.63) is 65.7 Å². The molecule has 0 amide bonds. The molecular formula is C25H37N2O+. The molecule has 0 unspecified atom stereocenters. The van der Waals surface area contributed by atoms with Crippen molar-refractivity contribution < 1.29 is 10.1 Å². The van der Waals surface area contributed by atoms with Crippen LogP contribution in [-0.2, 0) is 16.7 Å². The minimum atomic E-state index is 0.250. The van der Waals surface area contributed by atoms with Crippen molar-refractivity contribution in [2.45, 2.75) is 51.2 Å². The second kappa shape index (κ2) is 9.58. The first kappa shape index (κ1) is 20.9. The third kappa shape index (κ3) is 5.15. The van der Waals surface area contributed by atoms with E-state index in [0.717, 1.165) is 32.5 Å². The fourth-order valence-corrected chi connectivity index (χ4v) is 4.38. The summed E-state index contributed by atoms with van der Waals surface area (Å²) in [6.45, 7) is 7.64. The molecule has 1 heterocycles. The summed E-state index contributed by atoms with van der Waals surface area (Å²) in [5.74, 6) is 0.572. The largest absolute Gasteiger partial charge is 0.378 e. The molecule has 0 radical (unpaired) electrons. The van der Waals surface area contributed by atoms with Gasteiger partial charge >= 0.3 is 0 Å². The Labute approximate surface area is 171 Å². The molecule has 2 aromatic rings. The first-order valence-electron chi connectivity index (χ1n) is 10.8. The average Bonchev–Trinajstić information content (AvgIpc) is 2.72. The molecule has 2 aromatic carbocycles. The molecule has 0 bridgehead atoms. The van der Waals surface area contributed by atoms with Gasteiger partial charge in [0.25, 0.3) is 0 Å². The minimum absolute atomic E-state index is 0.250. The SMILES string of the molecule is CC(C)[C@@H]1C[C@@](CC[NH2+]Cc2ccc(N(C)C)cc2)(c2ccccc2)CCO1. The van der Waals surface area contributed by atoms with E-state index in [4.69, 9.17) is 4.74 Å². The summed E-state index contributed by atoms with van der Waals surface area (Å²) in [6.07, 6.45) is 3.85. The zero-order chi connectivity index (χ0) is 20.0. The molecule has 0 aromatic heterocycles. The Hall–Kier alpha value is -1.84.